The molecule has 3 rings (SSSR count). The fraction of sp³-hybridized carbons (Fsp3) is 0.200. The number of halogens is 2. The van der Waals surface area contributed by atoms with Gasteiger partial charge in [-0.15, -0.1) is 0 Å². The number of rotatable bonds is 2. The highest BCUT2D eigenvalue weighted by molar-refractivity contribution is 6.35. The summed E-state index contributed by atoms with van der Waals surface area (Å²) in [5.74, 6) is 0.741. The van der Waals surface area contributed by atoms with Crippen molar-refractivity contribution in [1.29, 1.82) is 0 Å². The maximum absolute atomic E-state index is 6.18. The molecule has 0 radical (unpaired) electrons. The zero-order valence-electron chi connectivity index (χ0n) is 10.2. The second kappa shape index (κ2) is 5.32. The lowest BCUT2D eigenvalue weighted by Crippen LogP contribution is -2.20. The first kappa shape index (κ1) is 12.6. The molecular weight excluding hydrogens is 281 g/mol. The van der Waals surface area contributed by atoms with Crippen molar-refractivity contribution >= 4 is 28.9 Å². The molecule has 1 atom stereocenters. The summed E-state index contributed by atoms with van der Waals surface area (Å²) in [4.78, 5) is 0. The summed E-state index contributed by atoms with van der Waals surface area (Å²) in [5.41, 5.74) is 2.10. The van der Waals surface area contributed by atoms with Crippen molar-refractivity contribution in [1.82, 2.24) is 0 Å². The van der Waals surface area contributed by atoms with Crippen molar-refractivity contribution in [2.45, 2.75) is 12.5 Å². The van der Waals surface area contributed by atoms with Crippen molar-refractivity contribution in [2.75, 3.05) is 11.9 Å². The molecule has 1 N–H and O–H groups in total. The van der Waals surface area contributed by atoms with E-state index in [1.807, 2.05) is 36.4 Å². The van der Waals surface area contributed by atoms with E-state index in [1.54, 1.807) is 6.07 Å². The van der Waals surface area contributed by atoms with E-state index in [1.165, 1.54) is 0 Å². The zero-order chi connectivity index (χ0) is 13.2. The largest absolute Gasteiger partial charge is 0.492 e. The van der Waals surface area contributed by atoms with Crippen molar-refractivity contribution in [3.63, 3.8) is 0 Å². The third-order valence-electron chi connectivity index (χ3n) is 3.18. The molecule has 0 aliphatic carbocycles. The molecule has 2 aromatic rings. The molecule has 1 unspecified atom stereocenters. The summed E-state index contributed by atoms with van der Waals surface area (Å²) in [7, 11) is 0. The van der Waals surface area contributed by atoms with Gasteiger partial charge in [0.25, 0.3) is 0 Å². The van der Waals surface area contributed by atoms with E-state index in [0.717, 1.165) is 23.4 Å². The van der Waals surface area contributed by atoms with E-state index in [2.05, 4.69) is 5.32 Å². The van der Waals surface area contributed by atoms with Gasteiger partial charge in [0.1, 0.15) is 5.75 Å². The standard InChI is InChI=1S/C15H13Cl2NO/c16-10-8-12-14(18-11-4-2-1-3-5-11)6-7-19-15(12)13(17)9-10/h1-5,8-9,14,18H,6-7H2. The Bertz CT molecular complexity index is 586. The average Bonchev–Trinajstić information content (AvgIpc) is 2.41. The summed E-state index contributed by atoms with van der Waals surface area (Å²) < 4.78 is 5.65. The topological polar surface area (TPSA) is 21.3 Å². The Hall–Kier alpha value is -1.38. The highest BCUT2D eigenvalue weighted by atomic mass is 35.5. The molecule has 2 nitrogen and oxygen atoms in total. The SMILES string of the molecule is Clc1cc(Cl)c2c(c1)C(Nc1ccccc1)CCO2. The van der Waals surface area contributed by atoms with Crippen LogP contribution in [0.15, 0.2) is 42.5 Å². The Morgan fingerprint density at radius 2 is 1.89 bits per heavy atom. The minimum atomic E-state index is 0.169. The number of nitrogens with one attached hydrogen (secondary N) is 1. The molecule has 0 saturated heterocycles. The number of para-hydroxylation sites is 1. The van der Waals surface area contributed by atoms with Crippen LogP contribution in [0.1, 0.15) is 18.0 Å². The molecule has 0 saturated carbocycles. The molecule has 0 fully saturated rings. The minimum Gasteiger partial charge on any atom is -0.492 e. The molecule has 1 aliphatic heterocycles. The molecule has 19 heavy (non-hydrogen) atoms. The Labute approximate surface area is 122 Å². The molecular formula is C15H13Cl2NO. The van der Waals surface area contributed by atoms with Crippen LogP contribution < -0.4 is 10.1 Å². The van der Waals surface area contributed by atoms with E-state index in [4.69, 9.17) is 27.9 Å². The van der Waals surface area contributed by atoms with Crippen molar-refractivity contribution < 1.29 is 4.74 Å². The Kier molecular flexibility index (Phi) is 3.54. The fourth-order valence-corrected chi connectivity index (χ4v) is 2.87. The molecule has 0 bridgehead atoms. The monoisotopic (exact) mass is 293 g/mol. The second-order valence-corrected chi connectivity index (χ2v) is 5.35. The lowest BCUT2D eigenvalue weighted by Gasteiger charge is -2.28. The summed E-state index contributed by atoms with van der Waals surface area (Å²) >= 11 is 12.3. The van der Waals surface area contributed by atoms with Gasteiger partial charge in [-0.1, -0.05) is 41.4 Å². The van der Waals surface area contributed by atoms with E-state index >= 15 is 0 Å². The van der Waals surface area contributed by atoms with Gasteiger partial charge >= 0.3 is 0 Å². The fourth-order valence-electron chi connectivity index (χ4n) is 2.31. The van der Waals surface area contributed by atoms with Gasteiger partial charge in [-0.3, -0.25) is 0 Å². The molecule has 1 heterocycles. The van der Waals surface area contributed by atoms with Crippen LogP contribution in [0, 0.1) is 0 Å². The Morgan fingerprint density at radius 1 is 1.11 bits per heavy atom. The van der Waals surface area contributed by atoms with E-state index < -0.39 is 0 Å². The van der Waals surface area contributed by atoms with E-state index in [0.29, 0.717) is 16.7 Å². The van der Waals surface area contributed by atoms with Gasteiger partial charge in [0.05, 0.1) is 17.7 Å². The summed E-state index contributed by atoms with van der Waals surface area (Å²) in [6.07, 6.45) is 0.887. The molecule has 1 aliphatic rings. The lowest BCUT2D eigenvalue weighted by molar-refractivity contribution is 0.274. The highest BCUT2D eigenvalue weighted by Crippen LogP contribution is 2.41. The molecule has 0 aromatic heterocycles. The smallest absolute Gasteiger partial charge is 0.143 e. The number of benzene rings is 2. The summed E-state index contributed by atoms with van der Waals surface area (Å²) in [6, 6.07) is 13.9. The van der Waals surface area contributed by atoms with Crippen LogP contribution in [0.5, 0.6) is 5.75 Å². The second-order valence-electron chi connectivity index (χ2n) is 4.51. The molecule has 0 amide bonds. The Balaban J connectivity index is 1.94. The zero-order valence-corrected chi connectivity index (χ0v) is 11.7. The average molecular weight is 294 g/mol. The molecule has 0 spiro atoms. The van der Waals surface area contributed by atoms with Gasteiger partial charge in [0.15, 0.2) is 0 Å². The Morgan fingerprint density at radius 3 is 2.68 bits per heavy atom. The van der Waals surface area contributed by atoms with Crippen LogP contribution in [0.4, 0.5) is 5.69 Å². The third kappa shape index (κ3) is 2.65. The van der Waals surface area contributed by atoms with Crippen LogP contribution in [-0.2, 0) is 0 Å². The van der Waals surface area contributed by atoms with Crippen LogP contribution in [0.3, 0.4) is 0 Å². The van der Waals surface area contributed by atoms with Crippen molar-refractivity contribution in [3.05, 3.63) is 58.1 Å². The van der Waals surface area contributed by atoms with Crippen LogP contribution >= 0.6 is 23.2 Å². The van der Waals surface area contributed by atoms with Gasteiger partial charge in [-0.25, -0.2) is 0 Å². The predicted octanol–water partition coefficient (Wildman–Crippen LogP) is 4.93. The van der Waals surface area contributed by atoms with Gasteiger partial charge in [0.2, 0.25) is 0 Å². The minimum absolute atomic E-state index is 0.169. The number of ether oxygens (including phenoxy) is 1. The normalized spacial score (nSPS) is 17.5. The van der Waals surface area contributed by atoms with Gasteiger partial charge in [-0.05, 0) is 24.3 Å². The number of anilines is 1. The maximum Gasteiger partial charge on any atom is 0.143 e. The first-order chi connectivity index (χ1) is 9.24. The number of hydrogen-bond donors (Lipinski definition) is 1. The predicted molar refractivity (Wildman–Crippen MR) is 79.4 cm³/mol. The van der Waals surface area contributed by atoms with Crippen LogP contribution in [-0.4, -0.2) is 6.61 Å². The number of hydrogen-bond acceptors (Lipinski definition) is 2. The molecule has 2 aromatic carbocycles. The van der Waals surface area contributed by atoms with Gasteiger partial charge < -0.3 is 10.1 Å². The summed E-state index contributed by atoms with van der Waals surface area (Å²) in [5, 5.41) is 4.70. The van der Waals surface area contributed by atoms with Crippen LogP contribution in [0.25, 0.3) is 0 Å². The van der Waals surface area contributed by atoms with Crippen molar-refractivity contribution in [2.24, 2.45) is 0 Å². The molecule has 98 valence electrons. The van der Waals surface area contributed by atoms with Crippen LogP contribution in [0.2, 0.25) is 10.0 Å². The first-order valence-corrected chi connectivity index (χ1v) is 6.93. The third-order valence-corrected chi connectivity index (χ3v) is 3.68. The highest BCUT2D eigenvalue weighted by Gasteiger charge is 2.24. The lowest BCUT2D eigenvalue weighted by atomic mass is 10.00. The quantitative estimate of drug-likeness (QED) is 0.848. The summed E-state index contributed by atoms with van der Waals surface area (Å²) in [6.45, 7) is 0.652. The van der Waals surface area contributed by atoms with Crippen molar-refractivity contribution in [3.8, 4) is 5.75 Å². The van der Waals surface area contributed by atoms with Gasteiger partial charge in [-0.2, -0.15) is 0 Å². The molecule has 4 heteroatoms. The van der Waals surface area contributed by atoms with Gasteiger partial charge in [0, 0.05) is 22.7 Å². The number of fused-ring (bicyclic) bond motifs is 1. The van der Waals surface area contributed by atoms with E-state index in [-0.39, 0.29) is 6.04 Å². The first-order valence-electron chi connectivity index (χ1n) is 6.17. The van der Waals surface area contributed by atoms with E-state index in [9.17, 15) is 0 Å². The maximum atomic E-state index is 6.18.